The van der Waals surface area contributed by atoms with E-state index in [2.05, 4.69) is 4.98 Å². The molecule has 0 aliphatic carbocycles. The van der Waals surface area contributed by atoms with Gasteiger partial charge in [0.05, 0.1) is 5.52 Å². The number of benzene rings is 2. The fourth-order valence-corrected chi connectivity index (χ4v) is 2.31. The van der Waals surface area contributed by atoms with Crippen LogP contribution < -0.4 is 10.5 Å². The third-order valence-corrected chi connectivity index (χ3v) is 3.49. The lowest BCUT2D eigenvalue weighted by molar-refractivity contribution is 0.307. The van der Waals surface area contributed by atoms with Crippen molar-refractivity contribution >= 4 is 28.1 Å². The zero-order chi connectivity index (χ0) is 14.7. The Bertz CT molecular complexity index is 796. The standard InChI is InChI=1S/C17H14N2OS/c18-17(21)12-4-3-5-14(10-12)20-11-13-8-9-19-16-7-2-1-6-15(13)16/h1-10H,11H2,(H2,18,21). The minimum atomic E-state index is 0.370. The monoisotopic (exact) mass is 294 g/mol. The van der Waals surface area contributed by atoms with Gasteiger partial charge in [-0.1, -0.05) is 42.5 Å². The Balaban J connectivity index is 1.84. The molecule has 0 amide bonds. The highest BCUT2D eigenvalue weighted by Gasteiger charge is 2.03. The number of nitrogens with two attached hydrogens (primary N) is 1. The fourth-order valence-electron chi connectivity index (χ4n) is 2.18. The molecule has 2 N–H and O–H groups in total. The number of pyridine rings is 1. The Morgan fingerprint density at radius 3 is 2.81 bits per heavy atom. The summed E-state index contributed by atoms with van der Waals surface area (Å²) in [6.45, 7) is 0.476. The van der Waals surface area contributed by atoms with E-state index in [4.69, 9.17) is 22.7 Å². The van der Waals surface area contributed by atoms with Crippen molar-refractivity contribution in [2.75, 3.05) is 0 Å². The van der Waals surface area contributed by atoms with E-state index in [9.17, 15) is 0 Å². The maximum absolute atomic E-state index is 5.85. The number of ether oxygens (including phenoxy) is 1. The molecule has 0 aliphatic rings. The molecule has 1 aromatic heterocycles. The summed E-state index contributed by atoms with van der Waals surface area (Å²) in [6, 6.07) is 17.5. The molecule has 4 heteroatoms. The quantitative estimate of drug-likeness (QED) is 0.749. The fraction of sp³-hybridized carbons (Fsp3) is 0.0588. The molecule has 0 atom stereocenters. The topological polar surface area (TPSA) is 48.1 Å². The molecule has 1 heterocycles. The summed E-state index contributed by atoms with van der Waals surface area (Å²) in [5.41, 5.74) is 8.51. The lowest BCUT2D eigenvalue weighted by Crippen LogP contribution is -2.09. The first-order chi connectivity index (χ1) is 10.2. The van der Waals surface area contributed by atoms with Gasteiger partial charge in [0.25, 0.3) is 0 Å². The number of para-hydroxylation sites is 1. The first kappa shape index (κ1) is 13.5. The smallest absolute Gasteiger partial charge is 0.120 e. The van der Waals surface area contributed by atoms with Crippen LogP contribution in [-0.2, 0) is 6.61 Å². The summed E-state index contributed by atoms with van der Waals surface area (Å²) in [4.78, 5) is 4.72. The molecule has 3 rings (SSSR count). The molecular weight excluding hydrogens is 280 g/mol. The van der Waals surface area contributed by atoms with Gasteiger partial charge < -0.3 is 10.5 Å². The summed E-state index contributed by atoms with van der Waals surface area (Å²) in [5, 5.41) is 1.10. The number of nitrogens with zero attached hydrogens (tertiary/aromatic N) is 1. The Kier molecular flexibility index (Phi) is 3.79. The van der Waals surface area contributed by atoms with Gasteiger partial charge in [-0.05, 0) is 24.3 Å². The number of thiocarbonyl (C=S) groups is 1. The van der Waals surface area contributed by atoms with E-state index >= 15 is 0 Å². The van der Waals surface area contributed by atoms with Crippen LogP contribution in [-0.4, -0.2) is 9.97 Å². The van der Waals surface area contributed by atoms with Crippen molar-refractivity contribution in [3.05, 3.63) is 71.9 Å². The lowest BCUT2D eigenvalue weighted by atomic mass is 10.1. The Morgan fingerprint density at radius 2 is 1.95 bits per heavy atom. The van der Waals surface area contributed by atoms with E-state index in [1.807, 2.05) is 54.6 Å². The number of hydrogen-bond acceptors (Lipinski definition) is 3. The first-order valence-corrected chi connectivity index (χ1v) is 7.00. The molecule has 0 saturated heterocycles. The molecule has 0 bridgehead atoms. The summed E-state index contributed by atoms with van der Waals surface area (Å²) in [5.74, 6) is 0.751. The van der Waals surface area contributed by atoms with Crippen LogP contribution in [0.3, 0.4) is 0 Å². The highest BCUT2D eigenvalue weighted by molar-refractivity contribution is 7.80. The summed E-state index contributed by atoms with van der Waals surface area (Å²) < 4.78 is 5.85. The van der Waals surface area contributed by atoms with E-state index in [1.165, 1.54) is 0 Å². The molecule has 3 aromatic rings. The predicted molar refractivity (Wildman–Crippen MR) is 88.4 cm³/mol. The average molecular weight is 294 g/mol. The Labute approximate surface area is 128 Å². The van der Waals surface area contributed by atoms with Gasteiger partial charge >= 0.3 is 0 Å². The van der Waals surface area contributed by atoms with Crippen molar-refractivity contribution in [3.8, 4) is 5.75 Å². The van der Waals surface area contributed by atoms with Crippen molar-refractivity contribution in [2.45, 2.75) is 6.61 Å². The molecule has 0 aliphatic heterocycles. The third-order valence-electron chi connectivity index (χ3n) is 3.25. The second-order valence-electron chi connectivity index (χ2n) is 4.67. The van der Waals surface area contributed by atoms with Gasteiger partial charge in [-0.15, -0.1) is 0 Å². The molecule has 104 valence electrons. The van der Waals surface area contributed by atoms with Crippen LogP contribution in [0.1, 0.15) is 11.1 Å². The Morgan fingerprint density at radius 1 is 1.10 bits per heavy atom. The number of fused-ring (bicyclic) bond motifs is 1. The van der Waals surface area contributed by atoms with E-state index in [1.54, 1.807) is 6.20 Å². The van der Waals surface area contributed by atoms with Crippen molar-refractivity contribution in [2.24, 2.45) is 5.73 Å². The second-order valence-corrected chi connectivity index (χ2v) is 5.11. The van der Waals surface area contributed by atoms with Crippen molar-refractivity contribution < 1.29 is 4.74 Å². The predicted octanol–water partition coefficient (Wildman–Crippen LogP) is 3.45. The van der Waals surface area contributed by atoms with E-state index in [0.717, 1.165) is 27.8 Å². The van der Waals surface area contributed by atoms with Crippen LogP contribution in [0.5, 0.6) is 5.75 Å². The maximum atomic E-state index is 5.85. The Hall–Kier alpha value is -2.46. The summed E-state index contributed by atoms with van der Waals surface area (Å²) in [6.07, 6.45) is 1.80. The normalized spacial score (nSPS) is 10.5. The van der Waals surface area contributed by atoms with Gasteiger partial charge in [0.15, 0.2) is 0 Å². The highest BCUT2D eigenvalue weighted by atomic mass is 32.1. The third kappa shape index (κ3) is 3.01. The van der Waals surface area contributed by atoms with Gasteiger partial charge in [-0.2, -0.15) is 0 Å². The van der Waals surface area contributed by atoms with Crippen LogP contribution in [0.4, 0.5) is 0 Å². The SMILES string of the molecule is NC(=S)c1cccc(OCc2ccnc3ccccc23)c1. The lowest BCUT2D eigenvalue weighted by Gasteiger charge is -2.09. The minimum Gasteiger partial charge on any atom is -0.489 e. The first-order valence-electron chi connectivity index (χ1n) is 6.59. The molecule has 0 saturated carbocycles. The zero-order valence-corrected chi connectivity index (χ0v) is 12.1. The van der Waals surface area contributed by atoms with Gasteiger partial charge in [0.1, 0.15) is 17.3 Å². The molecule has 0 radical (unpaired) electrons. The maximum Gasteiger partial charge on any atom is 0.120 e. The number of hydrogen-bond donors (Lipinski definition) is 1. The van der Waals surface area contributed by atoms with Crippen LogP contribution in [0.15, 0.2) is 60.8 Å². The number of rotatable bonds is 4. The van der Waals surface area contributed by atoms with Crippen LogP contribution in [0, 0.1) is 0 Å². The summed E-state index contributed by atoms with van der Waals surface area (Å²) in [7, 11) is 0. The average Bonchev–Trinajstić information content (AvgIpc) is 2.53. The van der Waals surface area contributed by atoms with E-state index in [-0.39, 0.29) is 0 Å². The van der Waals surface area contributed by atoms with Crippen molar-refractivity contribution in [3.63, 3.8) is 0 Å². The molecule has 3 nitrogen and oxygen atoms in total. The van der Waals surface area contributed by atoms with Crippen LogP contribution in [0.2, 0.25) is 0 Å². The largest absolute Gasteiger partial charge is 0.489 e. The van der Waals surface area contributed by atoms with Gasteiger partial charge in [0, 0.05) is 22.7 Å². The zero-order valence-electron chi connectivity index (χ0n) is 11.3. The van der Waals surface area contributed by atoms with Gasteiger partial charge in [-0.25, -0.2) is 0 Å². The molecule has 21 heavy (non-hydrogen) atoms. The van der Waals surface area contributed by atoms with Crippen molar-refractivity contribution in [1.82, 2.24) is 4.98 Å². The molecule has 0 fully saturated rings. The minimum absolute atomic E-state index is 0.370. The molecular formula is C17H14N2OS. The van der Waals surface area contributed by atoms with E-state index in [0.29, 0.717) is 11.6 Å². The van der Waals surface area contributed by atoms with Gasteiger partial charge in [0.2, 0.25) is 0 Å². The van der Waals surface area contributed by atoms with Gasteiger partial charge in [-0.3, -0.25) is 4.98 Å². The second kappa shape index (κ2) is 5.89. The van der Waals surface area contributed by atoms with Crippen molar-refractivity contribution in [1.29, 1.82) is 0 Å². The molecule has 0 unspecified atom stereocenters. The van der Waals surface area contributed by atoms with Crippen LogP contribution in [0.25, 0.3) is 10.9 Å². The summed E-state index contributed by atoms with van der Waals surface area (Å²) >= 11 is 4.98. The molecule has 0 spiro atoms. The molecule has 2 aromatic carbocycles. The van der Waals surface area contributed by atoms with E-state index < -0.39 is 0 Å². The highest BCUT2D eigenvalue weighted by Crippen LogP contribution is 2.19. The number of aromatic nitrogens is 1. The van der Waals surface area contributed by atoms with Crippen LogP contribution >= 0.6 is 12.2 Å².